The lowest BCUT2D eigenvalue weighted by molar-refractivity contribution is 0.0787. The Hall–Kier alpha value is -2.50. The molecule has 2 aromatic heterocycles. The minimum atomic E-state index is -0.0998. The third-order valence-corrected chi connectivity index (χ3v) is 3.24. The van der Waals surface area contributed by atoms with Crippen molar-refractivity contribution in [2.45, 2.75) is 26.3 Å². The number of carbonyl (C=O) groups is 1. The summed E-state index contributed by atoms with van der Waals surface area (Å²) in [6.45, 7) is 3.40. The van der Waals surface area contributed by atoms with Crippen LogP contribution >= 0.6 is 0 Å². The molecule has 6 nitrogen and oxygen atoms in total. The molecule has 1 N–H and O–H groups in total. The van der Waals surface area contributed by atoms with Crippen molar-refractivity contribution in [2.24, 2.45) is 0 Å². The first kappa shape index (κ1) is 15.9. The predicted molar refractivity (Wildman–Crippen MR) is 85.5 cm³/mol. The number of rotatable bonds is 7. The molecule has 0 aliphatic rings. The number of hydrogen-bond acceptors (Lipinski definition) is 5. The quantitative estimate of drug-likeness (QED) is 0.849. The Morgan fingerprint density at radius 2 is 2.09 bits per heavy atom. The van der Waals surface area contributed by atoms with Gasteiger partial charge in [-0.05, 0) is 18.6 Å². The molecular formula is C16H21N5O. The number of nitrogens with one attached hydrogen (secondary N) is 1. The Morgan fingerprint density at radius 1 is 1.23 bits per heavy atom. The van der Waals surface area contributed by atoms with Gasteiger partial charge in [0, 0.05) is 19.8 Å². The highest BCUT2D eigenvalue weighted by Crippen LogP contribution is 2.06. The monoisotopic (exact) mass is 299 g/mol. The lowest BCUT2D eigenvalue weighted by Crippen LogP contribution is -2.28. The van der Waals surface area contributed by atoms with E-state index in [0.717, 1.165) is 25.1 Å². The topological polar surface area (TPSA) is 71.0 Å². The van der Waals surface area contributed by atoms with Gasteiger partial charge in [0.05, 0.1) is 24.6 Å². The van der Waals surface area contributed by atoms with Gasteiger partial charge in [-0.15, -0.1) is 0 Å². The van der Waals surface area contributed by atoms with Crippen molar-refractivity contribution in [3.05, 3.63) is 48.2 Å². The molecule has 2 rings (SSSR count). The van der Waals surface area contributed by atoms with Gasteiger partial charge in [-0.2, -0.15) is 0 Å². The average molecular weight is 299 g/mol. The van der Waals surface area contributed by atoms with Crippen LogP contribution in [-0.2, 0) is 6.54 Å². The van der Waals surface area contributed by atoms with Gasteiger partial charge in [0.25, 0.3) is 5.91 Å². The van der Waals surface area contributed by atoms with E-state index in [0.29, 0.717) is 18.1 Å². The first-order valence-corrected chi connectivity index (χ1v) is 7.42. The number of pyridine rings is 1. The number of aromatic nitrogens is 3. The summed E-state index contributed by atoms with van der Waals surface area (Å²) in [5.74, 6) is 0.524. The molecule has 0 unspecified atom stereocenters. The van der Waals surface area contributed by atoms with E-state index in [9.17, 15) is 4.79 Å². The molecule has 0 spiro atoms. The minimum absolute atomic E-state index is 0.0998. The van der Waals surface area contributed by atoms with E-state index in [4.69, 9.17) is 0 Å². The van der Waals surface area contributed by atoms with Crippen molar-refractivity contribution in [2.75, 3.05) is 18.9 Å². The molecule has 0 atom stereocenters. The number of carbonyl (C=O) groups excluding carboxylic acids is 1. The standard InChI is InChI=1S/C16H21N5O/c1-3-4-9-21(2)16(22)14-11-20-15(12-18-14)19-10-13-7-5-6-8-17-13/h5-8,11-12H,3-4,9-10H2,1-2H3,(H,19,20). The molecule has 2 aromatic rings. The number of nitrogens with zero attached hydrogens (tertiary/aromatic N) is 4. The molecule has 116 valence electrons. The Morgan fingerprint density at radius 3 is 2.73 bits per heavy atom. The molecule has 0 aliphatic heterocycles. The summed E-state index contributed by atoms with van der Waals surface area (Å²) < 4.78 is 0. The van der Waals surface area contributed by atoms with Crippen molar-refractivity contribution in [1.29, 1.82) is 0 Å². The van der Waals surface area contributed by atoms with Crippen LogP contribution in [0, 0.1) is 0 Å². The Labute approximate surface area is 130 Å². The number of unbranched alkanes of at least 4 members (excludes halogenated alkanes) is 1. The summed E-state index contributed by atoms with van der Waals surface area (Å²) in [5.41, 5.74) is 1.28. The van der Waals surface area contributed by atoms with E-state index >= 15 is 0 Å². The molecule has 2 heterocycles. The first-order valence-electron chi connectivity index (χ1n) is 7.42. The number of anilines is 1. The molecule has 0 bridgehead atoms. The lowest BCUT2D eigenvalue weighted by Gasteiger charge is -2.15. The zero-order valence-corrected chi connectivity index (χ0v) is 13.0. The molecule has 0 aromatic carbocycles. The lowest BCUT2D eigenvalue weighted by atomic mass is 10.3. The summed E-state index contributed by atoms with van der Waals surface area (Å²) >= 11 is 0. The van der Waals surface area contributed by atoms with Crippen LogP contribution in [-0.4, -0.2) is 39.4 Å². The van der Waals surface area contributed by atoms with Crippen LogP contribution in [0.2, 0.25) is 0 Å². The van der Waals surface area contributed by atoms with Gasteiger partial charge in [0.15, 0.2) is 0 Å². The summed E-state index contributed by atoms with van der Waals surface area (Å²) in [5, 5.41) is 3.13. The number of hydrogen-bond donors (Lipinski definition) is 1. The maximum atomic E-state index is 12.1. The summed E-state index contributed by atoms with van der Waals surface area (Å²) in [4.78, 5) is 26.4. The van der Waals surface area contributed by atoms with Gasteiger partial charge in [-0.3, -0.25) is 9.78 Å². The number of amides is 1. The van der Waals surface area contributed by atoms with Crippen molar-refractivity contribution >= 4 is 11.7 Å². The van der Waals surface area contributed by atoms with Gasteiger partial charge in [0.2, 0.25) is 0 Å². The van der Waals surface area contributed by atoms with E-state index in [-0.39, 0.29) is 5.91 Å². The largest absolute Gasteiger partial charge is 0.363 e. The smallest absolute Gasteiger partial charge is 0.273 e. The molecule has 0 saturated heterocycles. The third-order valence-electron chi connectivity index (χ3n) is 3.24. The van der Waals surface area contributed by atoms with Gasteiger partial charge in [-0.1, -0.05) is 19.4 Å². The van der Waals surface area contributed by atoms with Crippen molar-refractivity contribution < 1.29 is 4.79 Å². The Kier molecular flexibility index (Phi) is 5.82. The van der Waals surface area contributed by atoms with Gasteiger partial charge < -0.3 is 10.2 Å². The molecule has 0 fully saturated rings. The van der Waals surface area contributed by atoms with E-state index < -0.39 is 0 Å². The summed E-state index contributed by atoms with van der Waals surface area (Å²) in [6, 6.07) is 5.74. The van der Waals surface area contributed by atoms with Crippen LogP contribution in [0.15, 0.2) is 36.8 Å². The highest BCUT2D eigenvalue weighted by Gasteiger charge is 2.12. The normalized spacial score (nSPS) is 10.3. The third kappa shape index (κ3) is 4.51. The van der Waals surface area contributed by atoms with E-state index in [1.165, 1.54) is 6.20 Å². The fraction of sp³-hybridized carbons (Fsp3) is 0.375. The first-order chi connectivity index (χ1) is 10.7. The fourth-order valence-electron chi connectivity index (χ4n) is 1.91. The second-order valence-electron chi connectivity index (χ2n) is 5.04. The summed E-state index contributed by atoms with van der Waals surface area (Å²) in [7, 11) is 1.78. The Balaban J connectivity index is 1.91. The molecule has 0 saturated carbocycles. The van der Waals surface area contributed by atoms with Crippen LogP contribution in [0.3, 0.4) is 0 Å². The highest BCUT2D eigenvalue weighted by atomic mass is 16.2. The molecule has 6 heteroatoms. The molecular weight excluding hydrogens is 278 g/mol. The van der Waals surface area contributed by atoms with Crippen molar-refractivity contribution in [3.8, 4) is 0 Å². The van der Waals surface area contributed by atoms with Crippen LogP contribution in [0.1, 0.15) is 35.9 Å². The van der Waals surface area contributed by atoms with Crippen molar-refractivity contribution in [3.63, 3.8) is 0 Å². The van der Waals surface area contributed by atoms with Crippen LogP contribution in [0.4, 0.5) is 5.82 Å². The zero-order valence-electron chi connectivity index (χ0n) is 13.0. The molecule has 0 radical (unpaired) electrons. The van der Waals surface area contributed by atoms with Gasteiger partial charge in [-0.25, -0.2) is 9.97 Å². The Bertz CT molecular complexity index is 585. The molecule has 0 aliphatic carbocycles. The maximum absolute atomic E-state index is 12.1. The van der Waals surface area contributed by atoms with Gasteiger partial charge in [0.1, 0.15) is 11.5 Å². The SMILES string of the molecule is CCCCN(C)C(=O)c1cnc(NCc2ccccn2)cn1. The van der Waals surface area contributed by atoms with E-state index in [1.54, 1.807) is 24.3 Å². The van der Waals surface area contributed by atoms with Crippen molar-refractivity contribution in [1.82, 2.24) is 19.9 Å². The second-order valence-corrected chi connectivity index (χ2v) is 5.04. The fourth-order valence-corrected chi connectivity index (χ4v) is 1.91. The molecule has 1 amide bonds. The minimum Gasteiger partial charge on any atom is -0.363 e. The zero-order chi connectivity index (χ0) is 15.8. The maximum Gasteiger partial charge on any atom is 0.273 e. The van der Waals surface area contributed by atoms with E-state index in [2.05, 4.69) is 27.2 Å². The second kappa shape index (κ2) is 8.07. The van der Waals surface area contributed by atoms with Crippen LogP contribution in [0.25, 0.3) is 0 Å². The van der Waals surface area contributed by atoms with E-state index in [1.807, 2.05) is 18.2 Å². The van der Waals surface area contributed by atoms with Gasteiger partial charge >= 0.3 is 0 Å². The predicted octanol–water partition coefficient (Wildman–Crippen LogP) is 2.36. The highest BCUT2D eigenvalue weighted by molar-refractivity contribution is 5.91. The summed E-state index contributed by atoms with van der Waals surface area (Å²) in [6.07, 6.45) is 6.87. The molecule has 22 heavy (non-hydrogen) atoms. The van der Waals surface area contributed by atoms with Crippen LogP contribution in [0.5, 0.6) is 0 Å². The van der Waals surface area contributed by atoms with Crippen LogP contribution < -0.4 is 5.32 Å². The average Bonchev–Trinajstić information content (AvgIpc) is 2.58.